The Morgan fingerprint density at radius 3 is 2.52 bits per heavy atom. The van der Waals surface area contributed by atoms with Crippen LogP contribution >= 0.6 is 0 Å². The first kappa shape index (κ1) is 11.7. The van der Waals surface area contributed by atoms with Gasteiger partial charge in [0.05, 0.1) is 11.4 Å². The van der Waals surface area contributed by atoms with Crippen molar-refractivity contribution in [2.24, 2.45) is 0 Å². The highest BCUT2D eigenvalue weighted by Crippen LogP contribution is 2.54. The van der Waals surface area contributed by atoms with Crippen LogP contribution < -0.4 is 4.90 Å². The molecular weight excluding hydrogens is 258 g/mol. The Labute approximate surface area is 125 Å². The first-order valence-electron chi connectivity index (χ1n) is 8.12. The Morgan fingerprint density at radius 2 is 1.76 bits per heavy atom. The van der Waals surface area contributed by atoms with Gasteiger partial charge in [0.25, 0.3) is 0 Å². The SMILES string of the molecule is c1ccc(-c2nc(N3CCC3)nc3c2C2CCC3C2)cc1. The summed E-state index contributed by atoms with van der Waals surface area (Å²) in [5, 5.41) is 0. The van der Waals surface area contributed by atoms with Crippen molar-refractivity contribution in [1.82, 2.24) is 9.97 Å². The summed E-state index contributed by atoms with van der Waals surface area (Å²) in [6, 6.07) is 10.7. The predicted molar refractivity (Wildman–Crippen MR) is 83.6 cm³/mol. The van der Waals surface area contributed by atoms with Crippen LogP contribution in [0.2, 0.25) is 0 Å². The third kappa shape index (κ3) is 1.66. The van der Waals surface area contributed by atoms with E-state index in [1.54, 1.807) is 0 Å². The molecule has 0 radical (unpaired) electrons. The average molecular weight is 277 g/mol. The number of fused-ring (bicyclic) bond motifs is 5. The van der Waals surface area contributed by atoms with Crippen molar-refractivity contribution >= 4 is 5.95 Å². The Bertz CT molecular complexity index is 691. The molecule has 106 valence electrons. The number of anilines is 1. The summed E-state index contributed by atoms with van der Waals surface area (Å²) < 4.78 is 0. The Morgan fingerprint density at radius 1 is 0.952 bits per heavy atom. The molecule has 1 saturated carbocycles. The van der Waals surface area contributed by atoms with Gasteiger partial charge in [-0.2, -0.15) is 0 Å². The minimum atomic E-state index is 0.690. The normalized spacial score (nSPS) is 25.8. The lowest BCUT2D eigenvalue weighted by Gasteiger charge is -2.32. The van der Waals surface area contributed by atoms with Crippen LogP contribution in [0.3, 0.4) is 0 Å². The van der Waals surface area contributed by atoms with E-state index in [0.717, 1.165) is 19.0 Å². The maximum Gasteiger partial charge on any atom is 0.226 e. The van der Waals surface area contributed by atoms with E-state index in [1.807, 2.05) is 0 Å². The Balaban J connectivity index is 1.72. The van der Waals surface area contributed by atoms with Crippen molar-refractivity contribution in [3.8, 4) is 11.3 Å². The number of nitrogens with zero attached hydrogens (tertiary/aromatic N) is 3. The maximum atomic E-state index is 4.97. The molecule has 2 atom stereocenters. The smallest absolute Gasteiger partial charge is 0.226 e. The monoisotopic (exact) mass is 277 g/mol. The van der Waals surface area contributed by atoms with Crippen molar-refractivity contribution in [2.45, 2.75) is 37.5 Å². The fraction of sp³-hybridized carbons (Fsp3) is 0.444. The molecule has 21 heavy (non-hydrogen) atoms. The van der Waals surface area contributed by atoms with Gasteiger partial charge in [-0.25, -0.2) is 9.97 Å². The number of rotatable bonds is 2. The van der Waals surface area contributed by atoms with E-state index in [0.29, 0.717) is 11.8 Å². The molecule has 0 amide bonds. The van der Waals surface area contributed by atoms with E-state index in [1.165, 1.54) is 48.2 Å². The van der Waals surface area contributed by atoms with Crippen molar-refractivity contribution in [2.75, 3.05) is 18.0 Å². The van der Waals surface area contributed by atoms with Crippen molar-refractivity contribution in [3.05, 3.63) is 41.6 Å². The zero-order valence-electron chi connectivity index (χ0n) is 12.1. The van der Waals surface area contributed by atoms with Crippen LogP contribution in [0.15, 0.2) is 30.3 Å². The fourth-order valence-electron chi connectivity index (χ4n) is 4.15. The zero-order chi connectivity index (χ0) is 13.8. The number of hydrogen-bond acceptors (Lipinski definition) is 3. The fourth-order valence-corrected chi connectivity index (χ4v) is 4.15. The van der Waals surface area contributed by atoms with Crippen LogP contribution in [-0.4, -0.2) is 23.1 Å². The Hall–Kier alpha value is -1.90. The first-order chi connectivity index (χ1) is 10.4. The molecule has 0 N–H and O–H groups in total. The van der Waals surface area contributed by atoms with Gasteiger partial charge in [-0.15, -0.1) is 0 Å². The topological polar surface area (TPSA) is 29.0 Å². The number of aromatic nitrogens is 2. The quantitative estimate of drug-likeness (QED) is 0.837. The minimum Gasteiger partial charge on any atom is -0.341 e. The lowest BCUT2D eigenvalue weighted by Crippen LogP contribution is -2.38. The lowest BCUT2D eigenvalue weighted by molar-refractivity contribution is 0.593. The molecule has 3 heteroatoms. The van der Waals surface area contributed by atoms with Crippen LogP contribution in [0.4, 0.5) is 5.95 Å². The molecule has 3 nitrogen and oxygen atoms in total. The van der Waals surface area contributed by atoms with Gasteiger partial charge >= 0.3 is 0 Å². The van der Waals surface area contributed by atoms with Crippen LogP contribution in [0, 0.1) is 0 Å². The van der Waals surface area contributed by atoms with Crippen molar-refractivity contribution in [1.29, 1.82) is 0 Å². The van der Waals surface area contributed by atoms with Gasteiger partial charge in [-0.1, -0.05) is 30.3 Å². The van der Waals surface area contributed by atoms with Gasteiger partial charge < -0.3 is 4.90 Å². The molecule has 2 heterocycles. The van der Waals surface area contributed by atoms with Gasteiger partial charge in [0, 0.05) is 30.1 Å². The molecule has 0 spiro atoms. The second kappa shape index (κ2) is 4.30. The van der Waals surface area contributed by atoms with E-state index in [9.17, 15) is 0 Å². The van der Waals surface area contributed by atoms with Crippen molar-refractivity contribution in [3.63, 3.8) is 0 Å². The van der Waals surface area contributed by atoms with E-state index in [2.05, 4.69) is 35.2 Å². The van der Waals surface area contributed by atoms with E-state index < -0.39 is 0 Å². The van der Waals surface area contributed by atoms with Crippen LogP contribution in [0.25, 0.3) is 11.3 Å². The van der Waals surface area contributed by atoms with Gasteiger partial charge in [-0.05, 0) is 31.6 Å². The van der Waals surface area contributed by atoms with Crippen LogP contribution in [0.5, 0.6) is 0 Å². The summed E-state index contributed by atoms with van der Waals surface area (Å²) in [6.07, 6.45) is 5.22. The summed E-state index contributed by atoms with van der Waals surface area (Å²) >= 11 is 0. The molecule has 3 aliphatic rings. The molecule has 2 bridgehead atoms. The molecule has 2 fully saturated rings. The maximum absolute atomic E-state index is 4.97. The molecule has 5 rings (SSSR count). The predicted octanol–water partition coefficient (Wildman–Crippen LogP) is 3.72. The first-order valence-corrected chi connectivity index (χ1v) is 8.12. The minimum absolute atomic E-state index is 0.690. The summed E-state index contributed by atoms with van der Waals surface area (Å²) in [5.41, 5.74) is 5.28. The van der Waals surface area contributed by atoms with Crippen LogP contribution in [-0.2, 0) is 0 Å². The molecule has 1 aromatic carbocycles. The molecule has 2 aliphatic carbocycles. The molecule has 1 aliphatic heterocycles. The van der Waals surface area contributed by atoms with Crippen LogP contribution in [0.1, 0.15) is 48.8 Å². The zero-order valence-corrected chi connectivity index (χ0v) is 12.1. The van der Waals surface area contributed by atoms with E-state index in [-0.39, 0.29) is 0 Å². The lowest BCUT2D eigenvalue weighted by atomic mass is 9.92. The Kier molecular flexibility index (Phi) is 2.40. The van der Waals surface area contributed by atoms with Gasteiger partial charge in [-0.3, -0.25) is 0 Å². The molecule has 2 unspecified atom stereocenters. The summed E-state index contributed by atoms with van der Waals surface area (Å²) in [7, 11) is 0. The molecule has 2 aromatic rings. The molecular formula is C18H19N3. The largest absolute Gasteiger partial charge is 0.341 e. The highest BCUT2D eigenvalue weighted by Gasteiger charge is 2.41. The van der Waals surface area contributed by atoms with Crippen molar-refractivity contribution < 1.29 is 0 Å². The number of hydrogen-bond donors (Lipinski definition) is 0. The molecule has 1 aromatic heterocycles. The second-order valence-electron chi connectivity index (χ2n) is 6.58. The van der Waals surface area contributed by atoms with Gasteiger partial charge in [0.2, 0.25) is 5.95 Å². The highest BCUT2D eigenvalue weighted by atomic mass is 15.3. The van der Waals surface area contributed by atoms with E-state index in [4.69, 9.17) is 9.97 Å². The summed E-state index contributed by atoms with van der Waals surface area (Å²) in [4.78, 5) is 12.2. The summed E-state index contributed by atoms with van der Waals surface area (Å²) in [6.45, 7) is 2.22. The third-order valence-electron chi connectivity index (χ3n) is 5.38. The average Bonchev–Trinajstić information content (AvgIpc) is 3.07. The molecule has 1 saturated heterocycles. The van der Waals surface area contributed by atoms with Gasteiger partial charge in [0.15, 0.2) is 0 Å². The summed E-state index contributed by atoms with van der Waals surface area (Å²) in [5.74, 6) is 2.35. The number of benzene rings is 1. The second-order valence-corrected chi connectivity index (χ2v) is 6.58. The van der Waals surface area contributed by atoms with E-state index >= 15 is 0 Å². The standard InChI is InChI=1S/C18H19N3/c1-2-5-12(6-3-1)16-15-13-7-8-14(11-13)17(15)20-18(19-16)21-9-4-10-21/h1-3,5-6,13-14H,4,7-11H2. The third-order valence-corrected chi connectivity index (χ3v) is 5.38. The van der Waals surface area contributed by atoms with Gasteiger partial charge in [0.1, 0.15) is 0 Å². The highest BCUT2D eigenvalue weighted by molar-refractivity contribution is 5.68.